The third-order valence-corrected chi connectivity index (χ3v) is 3.28. The molecule has 0 bridgehead atoms. The topological polar surface area (TPSA) is 63.6 Å². The number of fused-ring (bicyclic) bond motifs is 1. The molecular formula is C16H16ClN5. The summed E-state index contributed by atoms with van der Waals surface area (Å²) in [6.45, 7) is 6.21. The number of hydrogen-bond donors (Lipinski definition) is 1. The average Bonchev–Trinajstić information content (AvgIpc) is 2.46. The summed E-state index contributed by atoms with van der Waals surface area (Å²) in [7, 11) is 0. The van der Waals surface area contributed by atoms with Gasteiger partial charge in [-0.3, -0.25) is 9.97 Å². The zero-order valence-electron chi connectivity index (χ0n) is 12.6. The Hall–Kier alpha value is -2.27. The van der Waals surface area contributed by atoms with Crippen LogP contribution in [-0.4, -0.2) is 25.5 Å². The van der Waals surface area contributed by atoms with E-state index in [0.29, 0.717) is 22.2 Å². The Morgan fingerprint density at radius 2 is 1.73 bits per heavy atom. The summed E-state index contributed by atoms with van der Waals surface area (Å²) in [5.74, 6) is 1.32. The van der Waals surface area contributed by atoms with Gasteiger partial charge in [-0.05, 0) is 32.9 Å². The van der Waals surface area contributed by atoms with E-state index in [-0.39, 0.29) is 5.54 Å². The summed E-state index contributed by atoms with van der Waals surface area (Å²) in [5.41, 5.74) is 1.46. The van der Waals surface area contributed by atoms with Crippen molar-refractivity contribution in [1.82, 2.24) is 19.9 Å². The third-order valence-electron chi connectivity index (χ3n) is 2.99. The number of nitrogens with zero attached hydrogens (tertiary/aromatic N) is 4. The van der Waals surface area contributed by atoms with E-state index in [4.69, 9.17) is 11.6 Å². The lowest BCUT2D eigenvalue weighted by molar-refractivity contribution is 0.631. The third kappa shape index (κ3) is 2.99. The molecule has 0 aliphatic heterocycles. The molecule has 3 heterocycles. The highest BCUT2D eigenvalue weighted by atomic mass is 35.5. The largest absolute Gasteiger partial charge is 0.365 e. The van der Waals surface area contributed by atoms with Crippen LogP contribution in [0.3, 0.4) is 0 Å². The van der Waals surface area contributed by atoms with Crippen molar-refractivity contribution >= 4 is 28.3 Å². The Morgan fingerprint density at radius 3 is 2.41 bits per heavy atom. The Kier molecular flexibility index (Phi) is 3.66. The summed E-state index contributed by atoms with van der Waals surface area (Å²) in [6, 6.07) is 3.75. The maximum Gasteiger partial charge on any atom is 0.162 e. The summed E-state index contributed by atoms with van der Waals surface area (Å²) in [4.78, 5) is 17.4. The van der Waals surface area contributed by atoms with Crippen LogP contribution >= 0.6 is 11.6 Å². The van der Waals surface area contributed by atoms with Gasteiger partial charge in [0.2, 0.25) is 0 Å². The molecular weight excluding hydrogens is 298 g/mol. The highest BCUT2D eigenvalue weighted by Crippen LogP contribution is 2.31. The van der Waals surface area contributed by atoms with Gasteiger partial charge in [0.25, 0.3) is 0 Å². The second-order valence-electron chi connectivity index (χ2n) is 6.02. The first-order chi connectivity index (χ1) is 10.4. The molecule has 0 aromatic carbocycles. The molecule has 0 saturated carbocycles. The lowest BCUT2D eigenvalue weighted by atomic mass is 10.1. The van der Waals surface area contributed by atoms with Gasteiger partial charge in [0.1, 0.15) is 5.82 Å². The molecule has 3 aromatic rings. The fourth-order valence-corrected chi connectivity index (χ4v) is 2.36. The van der Waals surface area contributed by atoms with Gasteiger partial charge in [-0.2, -0.15) is 0 Å². The average molecular weight is 314 g/mol. The number of nitrogens with one attached hydrogen (secondary N) is 1. The highest BCUT2D eigenvalue weighted by molar-refractivity contribution is 6.36. The van der Waals surface area contributed by atoms with E-state index in [2.05, 4.69) is 46.0 Å². The van der Waals surface area contributed by atoms with E-state index in [1.807, 2.05) is 12.1 Å². The minimum Gasteiger partial charge on any atom is -0.365 e. The molecule has 0 unspecified atom stereocenters. The van der Waals surface area contributed by atoms with E-state index >= 15 is 0 Å². The molecule has 3 aromatic heterocycles. The minimum atomic E-state index is -0.149. The lowest BCUT2D eigenvalue weighted by Crippen LogP contribution is -2.27. The van der Waals surface area contributed by atoms with Gasteiger partial charge in [-0.25, -0.2) is 9.97 Å². The van der Waals surface area contributed by atoms with E-state index < -0.39 is 0 Å². The number of halogens is 1. The molecule has 112 valence electrons. The van der Waals surface area contributed by atoms with E-state index in [1.54, 1.807) is 24.8 Å². The van der Waals surface area contributed by atoms with Crippen molar-refractivity contribution in [2.24, 2.45) is 0 Å². The number of aromatic nitrogens is 4. The molecule has 5 nitrogen and oxygen atoms in total. The first kappa shape index (κ1) is 14.7. The van der Waals surface area contributed by atoms with Crippen molar-refractivity contribution in [3.8, 4) is 11.4 Å². The number of rotatable bonds is 2. The number of anilines is 1. The fourth-order valence-electron chi connectivity index (χ4n) is 2.12. The molecule has 0 saturated heterocycles. The van der Waals surface area contributed by atoms with Crippen molar-refractivity contribution in [3.63, 3.8) is 0 Å². The van der Waals surface area contributed by atoms with Crippen LogP contribution in [0, 0.1) is 0 Å². The summed E-state index contributed by atoms with van der Waals surface area (Å²) < 4.78 is 0. The van der Waals surface area contributed by atoms with Crippen LogP contribution in [0.1, 0.15) is 20.8 Å². The smallest absolute Gasteiger partial charge is 0.162 e. The first-order valence-electron chi connectivity index (χ1n) is 6.94. The molecule has 6 heteroatoms. The van der Waals surface area contributed by atoms with Gasteiger partial charge in [-0.1, -0.05) is 11.6 Å². The second-order valence-corrected chi connectivity index (χ2v) is 6.43. The van der Waals surface area contributed by atoms with Crippen LogP contribution in [0.2, 0.25) is 5.02 Å². The summed E-state index contributed by atoms with van der Waals surface area (Å²) in [5, 5.41) is 4.71. The number of hydrogen-bond acceptors (Lipinski definition) is 5. The van der Waals surface area contributed by atoms with Gasteiger partial charge < -0.3 is 5.32 Å². The Labute approximate surface area is 133 Å². The zero-order valence-corrected chi connectivity index (χ0v) is 13.4. The van der Waals surface area contributed by atoms with Gasteiger partial charge in [-0.15, -0.1) is 0 Å². The Balaban J connectivity index is 2.25. The SMILES string of the molecule is CC(C)(C)Nc1nc(-c2ccncc2)nc2cncc(Cl)c12. The monoisotopic (exact) mass is 313 g/mol. The van der Waals surface area contributed by atoms with E-state index in [0.717, 1.165) is 10.9 Å². The van der Waals surface area contributed by atoms with Gasteiger partial charge >= 0.3 is 0 Å². The normalized spacial score (nSPS) is 11.6. The minimum absolute atomic E-state index is 0.149. The fraction of sp³-hybridized carbons (Fsp3) is 0.250. The maximum atomic E-state index is 6.30. The molecule has 0 atom stereocenters. The van der Waals surface area contributed by atoms with Crippen molar-refractivity contribution < 1.29 is 0 Å². The highest BCUT2D eigenvalue weighted by Gasteiger charge is 2.17. The predicted molar refractivity (Wildman–Crippen MR) is 88.9 cm³/mol. The van der Waals surface area contributed by atoms with Crippen molar-refractivity contribution in [2.45, 2.75) is 26.3 Å². The zero-order chi connectivity index (χ0) is 15.7. The van der Waals surface area contributed by atoms with Crippen LogP contribution in [-0.2, 0) is 0 Å². The van der Waals surface area contributed by atoms with Gasteiger partial charge in [0.05, 0.1) is 22.1 Å². The number of pyridine rings is 2. The van der Waals surface area contributed by atoms with Crippen molar-refractivity contribution in [2.75, 3.05) is 5.32 Å². The maximum absolute atomic E-state index is 6.30. The molecule has 0 radical (unpaired) electrons. The molecule has 0 fully saturated rings. The lowest BCUT2D eigenvalue weighted by Gasteiger charge is -2.23. The Morgan fingerprint density at radius 1 is 1.00 bits per heavy atom. The molecule has 0 amide bonds. The van der Waals surface area contributed by atoms with E-state index in [9.17, 15) is 0 Å². The second kappa shape index (κ2) is 5.50. The van der Waals surface area contributed by atoms with Crippen LogP contribution in [0.4, 0.5) is 5.82 Å². The van der Waals surface area contributed by atoms with Crippen LogP contribution in [0.15, 0.2) is 36.9 Å². The van der Waals surface area contributed by atoms with Crippen LogP contribution in [0.25, 0.3) is 22.3 Å². The van der Waals surface area contributed by atoms with Crippen LogP contribution in [0.5, 0.6) is 0 Å². The summed E-state index contributed by atoms with van der Waals surface area (Å²) >= 11 is 6.30. The molecule has 3 rings (SSSR count). The standard InChI is InChI=1S/C16H16ClN5/c1-16(2,3)22-15-13-11(17)8-19-9-12(13)20-14(21-15)10-4-6-18-7-5-10/h4-9H,1-3H3,(H,20,21,22). The van der Waals surface area contributed by atoms with Crippen LogP contribution < -0.4 is 5.32 Å². The van der Waals surface area contributed by atoms with Gasteiger partial charge in [0, 0.05) is 29.7 Å². The molecule has 22 heavy (non-hydrogen) atoms. The molecule has 1 N–H and O–H groups in total. The molecule has 0 aliphatic carbocycles. The van der Waals surface area contributed by atoms with Gasteiger partial charge in [0.15, 0.2) is 5.82 Å². The van der Waals surface area contributed by atoms with Crippen molar-refractivity contribution in [1.29, 1.82) is 0 Å². The first-order valence-corrected chi connectivity index (χ1v) is 7.32. The van der Waals surface area contributed by atoms with Crippen molar-refractivity contribution in [3.05, 3.63) is 41.9 Å². The predicted octanol–water partition coefficient (Wildman–Crippen LogP) is 3.95. The van der Waals surface area contributed by atoms with E-state index in [1.165, 1.54) is 0 Å². The molecule has 0 aliphatic rings. The Bertz CT molecular complexity index is 812. The summed E-state index contributed by atoms with van der Waals surface area (Å²) in [6.07, 6.45) is 6.74. The molecule has 0 spiro atoms. The quantitative estimate of drug-likeness (QED) is 0.776.